The summed E-state index contributed by atoms with van der Waals surface area (Å²) < 4.78 is 0. The van der Waals surface area contributed by atoms with Crippen LogP contribution in [0.4, 0.5) is 0 Å². The van der Waals surface area contributed by atoms with Crippen LogP contribution in [0.25, 0.3) is 21.8 Å². The number of hydrogen-bond donors (Lipinski definition) is 2. The first-order chi connectivity index (χ1) is 11.9. The van der Waals surface area contributed by atoms with Gasteiger partial charge in [-0.25, -0.2) is 0 Å². The Labute approximate surface area is 141 Å². The van der Waals surface area contributed by atoms with Crippen molar-refractivity contribution < 1.29 is 0 Å². The molecule has 2 N–H and O–H groups in total. The Morgan fingerprint density at radius 3 is 1.75 bits per heavy atom. The van der Waals surface area contributed by atoms with Crippen molar-refractivity contribution in [1.82, 2.24) is 9.97 Å². The first-order valence-corrected chi connectivity index (χ1v) is 9.04. The van der Waals surface area contributed by atoms with Crippen molar-refractivity contribution in [2.75, 3.05) is 0 Å². The number of para-hydroxylation sites is 2. The molecule has 0 amide bonds. The van der Waals surface area contributed by atoms with Crippen LogP contribution in [0, 0.1) is 5.92 Å². The van der Waals surface area contributed by atoms with E-state index < -0.39 is 0 Å². The van der Waals surface area contributed by atoms with Crippen LogP contribution in [0.15, 0.2) is 60.9 Å². The molecule has 1 saturated carbocycles. The van der Waals surface area contributed by atoms with Gasteiger partial charge in [0.1, 0.15) is 0 Å². The molecule has 120 valence electrons. The van der Waals surface area contributed by atoms with E-state index in [0.717, 1.165) is 5.92 Å². The van der Waals surface area contributed by atoms with Gasteiger partial charge < -0.3 is 9.97 Å². The average molecular weight is 314 g/mol. The van der Waals surface area contributed by atoms with Crippen LogP contribution < -0.4 is 0 Å². The van der Waals surface area contributed by atoms with E-state index >= 15 is 0 Å². The van der Waals surface area contributed by atoms with Crippen molar-refractivity contribution in [3.05, 3.63) is 72.1 Å². The highest BCUT2D eigenvalue weighted by molar-refractivity contribution is 5.88. The molecule has 0 atom stereocenters. The third-order valence-corrected chi connectivity index (χ3v) is 5.78. The van der Waals surface area contributed by atoms with E-state index in [9.17, 15) is 0 Å². The fraction of sp³-hybridized carbons (Fsp3) is 0.273. The molecule has 0 saturated heterocycles. The van der Waals surface area contributed by atoms with E-state index in [-0.39, 0.29) is 0 Å². The van der Waals surface area contributed by atoms with Crippen molar-refractivity contribution >= 4 is 21.8 Å². The number of rotatable bonds is 3. The zero-order valence-corrected chi connectivity index (χ0v) is 13.8. The summed E-state index contributed by atoms with van der Waals surface area (Å²) in [5.41, 5.74) is 5.41. The molecule has 0 aliphatic heterocycles. The lowest BCUT2D eigenvalue weighted by Crippen LogP contribution is -2.11. The molecule has 2 aromatic carbocycles. The van der Waals surface area contributed by atoms with Gasteiger partial charge >= 0.3 is 0 Å². The van der Waals surface area contributed by atoms with Gasteiger partial charge in [0.15, 0.2) is 0 Å². The third-order valence-electron chi connectivity index (χ3n) is 5.78. The number of fused-ring (bicyclic) bond motifs is 2. The lowest BCUT2D eigenvalue weighted by atomic mass is 9.79. The molecule has 24 heavy (non-hydrogen) atoms. The van der Waals surface area contributed by atoms with Crippen LogP contribution in [-0.2, 0) is 0 Å². The zero-order chi connectivity index (χ0) is 15.9. The van der Waals surface area contributed by atoms with Gasteiger partial charge in [0.25, 0.3) is 0 Å². The maximum absolute atomic E-state index is 3.49. The van der Waals surface area contributed by atoms with Crippen molar-refractivity contribution in [3.63, 3.8) is 0 Å². The van der Waals surface area contributed by atoms with Crippen LogP contribution in [0.5, 0.6) is 0 Å². The molecular formula is C22H22N2. The smallest absolute Gasteiger partial charge is 0.0457 e. The fourth-order valence-corrected chi connectivity index (χ4v) is 4.67. The lowest BCUT2D eigenvalue weighted by Gasteiger charge is -2.23. The molecule has 0 radical (unpaired) electrons. The lowest BCUT2D eigenvalue weighted by molar-refractivity contribution is 0.488. The number of benzene rings is 2. The number of aromatic nitrogens is 2. The molecular weight excluding hydrogens is 292 g/mol. The normalized spacial score (nSPS) is 15.9. The van der Waals surface area contributed by atoms with Gasteiger partial charge in [-0.2, -0.15) is 0 Å². The van der Waals surface area contributed by atoms with Gasteiger partial charge in [0.2, 0.25) is 0 Å². The molecule has 1 fully saturated rings. The number of nitrogens with one attached hydrogen (secondary N) is 2. The quantitative estimate of drug-likeness (QED) is 0.467. The predicted molar refractivity (Wildman–Crippen MR) is 100 cm³/mol. The van der Waals surface area contributed by atoms with Crippen molar-refractivity contribution in [3.8, 4) is 0 Å². The Morgan fingerprint density at radius 1 is 0.708 bits per heavy atom. The molecule has 2 aromatic heterocycles. The Morgan fingerprint density at radius 2 is 1.21 bits per heavy atom. The Kier molecular flexibility index (Phi) is 3.22. The molecule has 0 unspecified atom stereocenters. The summed E-state index contributed by atoms with van der Waals surface area (Å²) in [6.45, 7) is 0. The van der Waals surface area contributed by atoms with E-state index in [1.807, 2.05) is 0 Å². The van der Waals surface area contributed by atoms with Crippen molar-refractivity contribution in [1.29, 1.82) is 0 Å². The van der Waals surface area contributed by atoms with Crippen LogP contribution in [0.3, 0.4) is 0 Å². The van der Waals surface area contributed by atoms with Gasteiger partial charge in [-0.3, -0.25) is 0 Å². The molecule has 4 aromatic rings. The highest BCUT2D eigenvalue weighted by Gasteiger charge is 2.31. The van der Waals surface area contributed by atoms with Crippen LogP contribution >= 0.6 is 0 Å². The van der Waals surface area contributed by atoms with Crippen LogP contribution in [-0.4, -0.2) is 9.97 Å². The SMILES string of the molecule is c1ccc2c(C(c3c[nH]c4ccccc34)C3CCCC3)c[nH]c2c1. The summed E-state index contributed by atoms with van der Waals surface area (Å²) in [6.07, 6.45) is 9.90. The van der Waals surface area contributed by atoms with Crippen LogP contribution in [0.1, 0.15) is 42.7 Å². The van der Waals surface area contributed by atoms with Crippen molar-refractivity contribution in [2.45, 2.75) is 31.6 Å². The largest absolute Gasteiger partial charge is 0.361 e. The summed E-state index contributed by atoms with van der Waals surface area (Å²) >= 11 is 0. The molecule has 2 heterocycles. The minimum atomic E-state index is 0.472. The molecule has 1 aliphatic carbocycles. The first kappa shape index (κ1) is 13.9. The van der Waals surface area contributed by atoms with Gasteiger partial charge in [-0.1, -0.05) is 49.2 Å². The average Bonchev–Trinajstić information content (AvgIpc) is 3.36. The second-order valence-corrected chi connectivity index (χ2v) is 7.10. The van der Waals surface area contributed by atoms with Crippen LogP contribution in [0.2, 0.25) is 0 Å². The number of H-pyrrole nitrogens is 2. The van der Waals surface area contributed by atoms with Crippen molar-refractivity contribution in [2.24, 2.45) is 5.92 Å². The third kappa shape index (κ3) is 2.10. The second kappa shape index (κ2) is 5.55. The molecule has 5 rings (SSSR count). The van der Waals surface area contributed by atoms with E-state index in [4.69, 9.17) is 0 Å². The Balaban J connectivity index is 1.73. The maximum Gasteiger partial charge on any atom is 0.0457 e. The zero-order valence-electron chi connectivity index (χ0n) is 13.8. The summed E-state index contributed by atoms with van der Waals surface area (Å²) in [5.74, 6) is 1.21. The molecule has 1 aliphatic rings. The summed E-state index contributed by atoms with van der Waals surface area (Å²) in [7, 11) is 0. The van der Waals surface area contributed by atoms with E-state index in [0.29, 0.717) is 5.92 Å². The number of hydrogen-bond acceptors (Lipinski definition) is 0. The molecule has 2 heteroatoms. The fourth-order valence-electron chi connectivity index (χ4n) is 4.67. The highest BCUT2D eigenvalue weighted by atomic mass is 14.7. The molecule has 0 bridgehead atoms. The summed E-state index contributed by atoms with van der Waals surface area (Å²) in [4.78, 5) is 6.98. The van der Waals surface area contributed by atoms with E-state index in [1.54, 1.807) is 0 Å². The van der Waals surface area contributed by atoms with Gasteiger partial charge in [0, 0.05) is 40.1 Å². The Bertz CT molecular complexity index is 911. The van der Waals surface area contributed by atoms with Gasteiger partial charge in [0.05, 0.1) is 0 Å². The summed E-state index contributed by atoms with van der Waals surface area (Å²) in [6, 6.07) is 17.4. The highest BCUT2D eigenvalue weighted by Crippen LogP contribution is 2.45. The number of aromatic amines is 2. The monoisotopic (exact) mass is 314 g/mol. The molecule has 0 spiro atoms. The van der Waals surface area contributed by atoms with Gasteiger partial charge in [-0.15, -0.1) is 0 Å². The minimum Gasteiger partial charge on any atom is -0.361 e. The summed E-state index contributed by atoms with van der Waals surface area (Å²) in [5, 5.41) is 2.75. The maximum atomic E-state index is 3.49. The van der Waals surface area contributed by atoms with E-state index in [1.165, 1.54) is 58.6 Å². The topological polar surface area (TPSA) is 31.6 Å². The molecule has 2 nitrogen and oxygen atoms in total. The minimum absolute atomic E-state index is 0.472. The van der Waals surface area contributed by atoms with Gasteiger partial charge in [-0.05, 0) is 42.0 Å². The first-order valence-electron chi connectivity index (χ1n) is 9.04. The van der Waals surface area contributed by atoms with E-state index in [2.05, 4.69) is 70.9 Å². The second-order valence-electron chi connectivity index (χ2n) is 7.10. The Hall–Kier alpha value is -2.48. The predicted octanol–water partition coefficient (Wildman–Crippen LogP) is 5.97. The standard InChI is InChI=1S/C22H22N2/c1-2-8-15(7-1)22(18-13-23-20-11-5-3-9-16(18)20)19-14-24-21-12-6-4-10-17(19)21/h3-6,9-15,22-24H,1-2,7-8H2.